The van der Waals surface area contributed by atoms with Gasteiger partial charge in [0.25, 0.3) is 11.8 Å². The van der Waals surface area contributed by atoms with Crippen molar-refractivity contribution in [3.8, 4) is 5.75 Å². The number of carbonyl (C=O) groups is 2. The molecular formula is C24H26N6O4. The highest BCUT2D eigenvalue weighted by molar-refractivity contribution is 6.07. The first-order valence-electron chi connectivity index (χ1n) is 10.8. The van der Waals surface area contributed by atoms with Crippen LogP contribution in [0.3, 0.4) is 0 Å². The Hall–Kier alpha value is -4.34. The lowest BCUT2D eigenvalue weighted by Crippen LogP contribution is -2.25. The Balaban J connectivity index is 1.35. The maximum atomic E-state index is 12.7. The first-order valence-corrected chi connectivity index (χ1v) is 10.8. The molecular weight excluding hydrogens is 436 g/mol. The molecule has 10 nitrogen and oxygen atoms in total. The van der Waals surface area contributed by atoms with E-state index in [1.807, 2.05) is 24.3 Å². The Bertz CT molecular complexity index is 1260. The molecule has 3 aromatic heterocycles. The van der Waals surface area contributed by atoms with E-state index in [2.05, 4.69) is 34.7 Å². The van der Waals surface area contributed by atoms with Crippen LogP contribution < -0.4 is 15.4 Å². The highest BCUT2D eigenvalue weighted by Crippen LogP contribution is 2.19. The van der Waals surface area contributed by atoms with Crippen molar-refractivity contribution < 1.29 is 18.7 Å². The van der Waals surface area contributed by atoms with Crippen LogP contribution in [0.25, 0.3) is 0 Å². The van der Waals surface area contributed by atoms with Crippen LogP contribution in [-0.4, -0.2) is 31.4 Å². The number of aromatic nitrogens is 4. The Labute approximate surface area is 196 Å². The van der Waals surface area contributed by atoms with Crippen molar-refractivity contribution in [2.45, 2.75) is 33.0 Å². The predicted molar refractivity (Wildman–Crippen MR) is 124 cm³/mol. The van der Waals surface area contributed by atoms with Gasteiger partial charge in [-0.2, -0.15) is 10.2 Å². The average molecular weight is 463 g/mol. The van der Waals surface area contributed by atoms with E-state index in [-0.39, 0.29) is 30.4 Å². The van der Waals surface area contributed by atoms with Crippen LogP contribution >= 0.6 is 0 Å². The minimum atomic E-state index is -0.465. The molecule has 34 heavy (non-hydrogen) atoms. The lowest BCUT2D eigenvalue weighted by atomic mass is 10.0. The molecule has 176 valence electrons. The monoisotopic (exact) mass is 462 g/mol. The molecule has 0 aliphatic carbocycles. The molecule has 4 rings (SSSR count). The number of carbonyl (C=O) groups excluding carboxylic acids is 2. The summed E-state index contributed by atoms with van der Waals surface area (Å²) in [6, 6.07) is 12.9. The van der Waals surface area contributed by atoms with Crippen molar-refractivity contribution in [3.05, 3.63) is 83.8 Å². The molecule has 0 aliphatic heterocycles. The summed E-state index contributed by atoms with van der Waals surface area (Å²) in [4.78, 5) is 25.3. The molecule has 2 amide bonds. The standard InChI is InChI=1S/C24H26N6O4/c1-16(2)17-6-8-18(9-7-17)34-15-30-11-10-20(27-30)23(31)26-21-14-29(3)28-22(21)24(32)25-13-19-5-4-12-33-19/h4-12,14,16H,13,15H2,1-3H3,(H,25,32)(H,26,31). The molecule has 1 aromatic carbocycles. The Morgan fingerprint density at radius 2 is 1.88 bits per heavy atom. The molecule has 0 radical (unpaired) electrons. The predicted octanol–water partition coefficient (Wildman–Crippen LogP) is 3.55. The van der Waals surface area contributed by atoms with E-state index in [0.29, 0.717) is 17.4 Å². The minimum absolute atomic E-state index is 0.0926. The molecule has 2 N–H and O–H groups in total. The highest BCUT2D eigenvalue weighted by atomic mass is 16.5. The second-order valence-electron chi connectivity index (χ2n) is 8.02. The molecule has 0 bridgehead atoms. The van der Waals surface area contributed by atoms with Gasteiger partial charge in [0.15, 0.2) is 18.1 Å². The van der Waals surface area contributed by atoms with Crippen molar-refractivity contribution in [3.63, 3.8) is 0 Å². The van der Waals surface area contributed by atoms with Gasteiger partial charge in [0, 0.05) is 19.4 Å². The van der Waals surface area contributed by atoms with E-state index in [0.717, 1.165) is 0 Å². The molecule has 0 saturated heterocycles. The van der Waals surface area contributed by atoms with E-state index in [4.69, 9.17) is 9.15 Å². The summed E-state index contributed by atoms with van der Waals surface area (Å²) in [6.45, 7) is 4.63. The Morgan fingerprint density at radius 1 is 1.09 bits per heavy atom. The number of aryl methyl sites for hydroxylation is 1. The van der Waals surface area contributed by atoms with Crippen molar-refractivity contribution in [1.29, 1.82) is 0 Å². The molecule has 0 aliphatic rings. The van der Waals surface area contributed by atoms with Crippen LogP contribution in [0.5, 0.6) is 5.75 Å². The minimum Gasteiger partial charge on any atom is -0.471 e. The number of nitrogens with one attached hydrogen (secondary N) is 2. The lowest BCUT2D eigenvalue weighted by Gasteiger charge is -2.09. The normalized spacial score (nSPS) is 10.9. The fraction of sp³-hybridized carbons (Fsp3) is 0.250. The maximum absolute atomic E-state index is 12.7. The second-order valence-corrected chi connectivity index (χ2v) is 8.02. The zero-order chi connectivity index (χ0) is 24.1. The van der Waals surface area contributed by atoms with Gasteiger partial charge in [0.05, 0.1) is 18.5 Å². The molecule has 10 heteroatoms. The van der Waals surface area contributed by atoms with Gasteiger partial charge in [-0.25, -0.2) is 4.68 Å². The first-order chi connectivity index (χ1) is 16.4. The molecule has 0 saturated carbocycles. The number of hydrogen-bond acceptors (Lipinski definition) is 6. The van der Waals surface area contributed by atoms with Crippen LogP contribution in [-0.2, 0) is 20.3 Å². The van der Waals surface area contributed by atoms with E-state index >= 15 is 0 Å². The van der Waals surface area contributed by atoms with Gasteiger partial charge < -0.3 is 19.8 Å². The molecule has 0 fully saturated rings. The quantitative estimate of drug-likeness (QED) is 0.393. The third-order valence-corrected chi connectivity index (χ3v) is 5.08. The fourth-order valence-electron chi connectivity index (χ4n) is 3.24. The summed E-state index contributed by atoms with van der Waals surface area (Å²) in [5.74, 6) is 0.872. The van der Waals surface area contributed by atoms with E-state index in [1.165, 1.54) is 21.2 Å². The summed E-state index contributed by atoms with van der Waals surface area (Å²) in [5, 5.41) is 13.8. The number of furan rings is 1. The van der Waals surface area contributed by atoms with Gasteiger partial charge in [-0.05, 0) is 41.8 Å². The van der Waals surface area contributed by atoms with Gasteiger partial charge in [0.2, 0.25) is 0 Å². The molecule has 0 unspecified atom stereocenters. The summed E-state index contributed by atoms with van der Waals surface area (Å²) in [7, 11) is 1.67. The maximum Gasteiger partial charge on any atom is 0.276 e. The third-order valence-electron chi connectivity index (χ3n) is 5.08. The first kappa shape index (κ1) is 22.8. The number of benzene rings is 1. The van der Waals surface area contributed by atoms with Gasteiger partial charge in [-0.15, -0.1) is 0 Å². The number of ether oxygens (including phenoxy) is 1. The molecule has 0 spiro atoms. The third kappa shape index (κ3) is 5.52. The summed E-state index contributed by atoms with van der Waals surface area (Å²) in [5.41, 5.74) is 1.79. The van der Waals surface area contributed by atoms with E-state index < -0.39 is 11.8 Å². The van der Waals surface area contributed by atoms with Gasteiger partial charge in [-0.3, -0.25) is 14.3 Å². The van der Waals surface area contributed by atoms with Crippen molar-refractivity contribution >= 4 is 17.5 Å². The summed E-state index contributed by atoms with van der Waals surface area (Å²) >= 11 is 0. The second kappa shape index (κ2) is 10.1. The number of nitrogens with zero attached hydrogens (tertiary/aromatic N) is 4. The lowest BCUT2D eigenvalue weighted by molar-refractivity contribution is 0.0943. The number of amides is 2. The zero-order valence-corrected chi connectivity index (χ0v) is 19.2. The Kier molecular flexibility index (Phi) is 6.77. The molecule has 3 heterocycles. The SMILES string of the molecule is CC(C)c1ccc(OCn2ccc(C(=O)Nc3cn(C)nc3C(=O)NCc3ccco3)n2)cc1. The number of hydrogen-bond donors (Lipinski definition) is 2. The highest BCUT2D eigenvalue weighted by Gasteiger charge is 2.20. The summed E-state index contributed by atoms with van der Waals surface area (Å²) in [6.07, 6.45) is 4.73. The number of anilines is 1. The van der Waals surface area contributed by atoms with Crippen molar-refractivity contribution in [2.24, 2.45) is 7.05 Å². The average Bonchev–Trinajstić information content (AvgIpc) is 3.58. The summed E-state index contributed by atoms with van der Waals surface area (Å²) < 4.78 is 13.9. The van der Waals surface area contributed by atoms with E-state index in [9.17, 15) is 9.59 Å². The van der Waals surface area contributed by atoms with Crippen LogP contribution in [0.15, 0.2) is 65.5 Å². The van der Waals surface area contributed by atoms with Crippen molar-refractivity contribution in [2.75, 3.05) is 5.32 Å². The van der Waals surface area contributed by atoms with Gasteiger partial charge in [-0.1, -0.05) is 26.0 Å². The largest absolute Gasteiger partial charge is 0.471 e. The van der Waals surface area contributed by atoms with Gasteiger partial charge in [0.1, 0.15) is 11.5 Å². The van der Waals surface area contributed by atoms with Crippen LogP contribution in [0.2, 0.25) is 0 Å². The van der Waals surface area contributed by atoms with Crippen molar-refractivity contribution in [1.82, 2.24) is 24.9 Å². The molecule has 0 atom stereocenters. The topological polar surface area (TPSA) is 116 Å². The van der Waals surface area contributed by atoms with E-state index in [1.54, 1.807) is 37.6 Å². The number of rotatable bonds is 9. The van der Waals surface area contributed by atoms with Crippen LogP contribution in [0.1, 0.15) is 52.1 Å². The zero-order valence-electron chi connectivity index (χ0n) is 19.2. The smallest absolute Gasteiger partial charge is 0.276 e. The van der Waals surface area contributed by atoms with Gasteiger partial charge >= 0.3 is 0 Å². The van der Waals surface area contributed by atoms with Crippen LogP contribution in [0.4, 0.5) is 5.69 Å². The fourth-order valence-corrected chi connectivity index (χ4v) is 3.24. The Morgan fingerprint density at radius 3 is 2.59 bits per heavy atom. The molecule has 4 aromatic rings. The van der Waals surface area contributed by atoms with Crippen LogP contribution in [0, 0.1) is 0 Å².